The molecule has 0 fully saturated rings. The minimum absolute atomic E-state index is 0.107. The zero-order chi connectivity index (χ0) is 20.5. The minimum Gasteiger partial charge on any atom is -0.486 e. The predicted octanol–water partition coefficient (Wildman–Crippen LogP) is 4.43. The maximum absolute atomic E-state index is 12.7. The summed E-state index contributed by atoms with van der Waals surface area (Å²) in [6, 6.07) is 19.4. The van der Waals surface area contributed by atoms with E-state index in [1.807, 2.05) is 60.8 Å². The van der Waals surface area contributed by atoms with Gasteiger partial charge in [0.2, 0.25) is 0 Å². The second-order valence-electron chi connectivity index (χ2n) is 6.84. The van der Waals surface area contributed by atoms with E-state index in [0.29, 0.717) is 6.61 Å². The molecule has 3 heterocycles. The SMILES string of the molecule is Cn1cc(-c2ccncc2)n(-c2ccc(OCc3nc4ccccc4s3)cc2)c1=O. The van der Waals surface area contributed by atoms with Crippen LogP contribution in [0.5, 0.6) is 5.75 Å². The van der Waals surface area contributed by atoms with E-state index < -0.39 is 0 Å². The average molecular weight is 414 g/mol. The summed E-state index contributed by atoms with van der Waals surface area (Å²) < 4.78 is 10.3. The third-order valence-corrected chi connectivity index (χ3v) is 5.83. The van der Waals surface area contributed by atoms with E-state index in [9.17, 15) is 4.79 Å². The first-order valence-corrected chi connectivity index (χ1v) is 10.3. The van der Waals surface area contributed by atoms with Crippen LogP contribution in [0.4, 0.5) is 0 Å². The highest BCUT2D eigenvalue weighted by molar-refractivity contribution is 7.18. The molecular formula is C23H18N4O2S. The van der Waals surface area contributed by atoms with E-state index in [1.54, 1.807) is 39.9 Å². The van der Waals surface area contributed by atoms with E-state index >= 15 is 0 Å². The first-order valence-electron chi connectivity index (χ1n) is 9.45. The monoisotopic (exact) mass is 414 g/mol. The van der Waals surface area contributed by atoms with E-state index in [2.05, 4.69) is 16.0 Å². The number of para-hydroxylation sites is 1. The highest BCUT2D eigenvalue weighted by Crippen LogP contribution is 2.25. The van der Waals surface area contributed by atoms with E-state index in [0.717, 1.165) is 37.9 Å². The number of benzene rings is 2. The largest absolute Gasteiger partial charge is 0.486 e. The van der Waals surface area contributed by atoms with Crippen LogP contribution < -0.4 is 10.4 Å². The Morgan fingerprint density at radius 2 is 1.77 bits per heavy atom. The number of pyridine rings is 1. The molecule has 0 bridgehead atoms. The molecule has 30 heavy (non-hydrogen) atoms. The molecule has 6 nitrogen and oxygen atoms in total. The number of thiazole rings is 1. The zero-order valence-electron chi connectivity index (χ0n) is 16.2. The van der Waals surface area contributed by atoms with E-state index in [1.165, 1.54) is 0 Å². The summed E-state index contributed by atoms with van der Waals surface area (Å²) in [4.78, 5) is 21.4. The van der Waals surface area contributed by atoms with Gasteiger partial charge in [-0.2, -0.15) is 0 Å². The minimum atomic E-state index is -0.107. The van der Waals surface area contributed by atoms with Gasteiger partial charge < -0.3 is 9.30 Å². The van der Waals surface area contributed by atoms with Gasteiger partial charge in [0.1, 0.15) is 17.4 Å². The molecule has 0 saturated heterocycles. The number of imidazole rings is 1. The molecule has 0 unspecified atom stereocenters. The molecule has 3 aromatic heterocycles. The van der Waals surface area contributed by atoms with Gasteiger partial charge in [-0.1, -0.05) is 12.1 Å². The Balaban J connectivity index is 1.39. The smallest absolute Gasteiger partial charge is 0.332 e. The van der Waals surface area contributed by atoms with Crippen molar-refractivity contribution in [1.29, 1.82) is 0 Å². The Kier molecular flexibility index (Phi) is 4.65. The molecular weight excluding hydrogens is 396 g/mol. The van der Waals surface area contributed by atoms with Crippen LogP contribution in [0.25, 0.3) is 27.2 Å². The van der Waals surface area contributed by atoms with Crippen LogP contribution >= 0.6 is 11.3 Å². The maximum Gasteiger partial charge on any atom is 0.332 e. The summed E-state index contributed by atoms with van der Waals surface area (Å²) in [5.41, 5.74) is 3.40. The molecule has 5 rings (SSSR count). The molecule has 0 saturated carbocycles. The van der Waals surface area contributed by atoms with Gasteiger partial charge in [-0.15, -0.1) is 11.3 Å². The molecule has 0 spiro atoms. The van der Waals surface area contributed by atoms with Gasteiger partial charge in [-0.25, -0.2) is 9.78 Å². The van der Waals surface area contributed by atoms with Crippen LogP contribution in [0.1, 0.15) is 5.01 Å². The molecule has 7 heteroatoms. The lowest BCUT2D eigenvalue weighted by atomic mass is 10.2. The van der Waals surface area contributed by atoms with Gasteiger partial charge in [0, 0.05) is 31.2 Å². The Bertz CT molecular complexity index is 1340. The van der Waals surface area contributed by atoms with Crippen LogP contribution in [-0.2, 0) is 13.7 Å². The fraction of sp³-hybridized carbons (Fsp3) is 0.0870. The summed E-state index contributed by atoms with van der Waals surface area (Å²) in [6.07, 6.45) is 5.27. The van der Waals surface area contributed by atoms with Crippen molar-refractivity contribution in [1.82, 2.24) is 19.1 Å². The summed E-state index contributed by atoms with van der Waals surface area (Å²) in [5, 5.41) is 0.930. The number of rotatable bonds is 5. The Labute approximate surface area is 176 Å². The predicted molar refractivity (Wildman–Crippen MR) is 118 cm³/mol. The number of aromatic nitrogens is 4. The highest BCUT2D eigenvalue weighted by atomic mass is 32.1. The lowest BCUT2D eigenvalue weighted by molar-refractivity contribution is 0.306. The third kappa shape index (κ3) is 3.40. The van der Waals surface area contributed by atoms with Gasteiger partial charge in [0.05, 0.1) is 21.6 Å². The summed E-state index contributed by atoms with van der Waals surface area (Å²) in [5.74, 6) is 0.729. The van der Waals surface area contributed by atoms with Crippen molar-refractivity contribution in [2.24, 2.45) is 7.05 Å². The maximum atomic E-state index is 12.7. The Hall–Kier alpha value is -3.71. The second kappa shape index (κ2) is 7.61. The lowest BCUT2D eigenvalue weighted by Crippen LogP contribution is -2.21. The van der Waals surface area contributed by atoms with Crippen LogP contribution in [0.2, 0.25) is 0 Å². The average Bonchev–Trinajstić information content (AvgIpc) is 3.34. The Morgan fingerprint density at radius 1 is 1.00 bits per heavy atom. The zero-order valence-corrected chi connectivity index (χ0v) is 17.0. The number of aryl methyl sites for hydroxylation is 1. The first kappa shape index (κ1) is 18.3. The van der Waals surface area contributed by atoms with Crippen molar-refractivity contribution in [2.75, 3.05) is 0 Å². The highest BCUT2D eigenvalue weighted by Gasteiger charge is 2.13. The van der Waals surface area contributed by atoms with Gasteiger partial charge in [-0.05, 0) is 48.5 Å². The number of nitrogens with zero attached hydrogens (tertiary/aromatic N) is 4. The van der Waals surface area contributed by atoms with Gasteiger partial charge >= 0.3 is 5.69 Å². The molecule has 148 valence electrons. The molecule has 0 amide bonds. The van der Waals surface area contributed by atoms with Crippen molar-refractivity contribution in [3.05, 3.63) is 94.7 Å². The number of fused-ring (bicyclic) bond motifs is 1. The molecule has 0 aliphatic rings. The molecule has 2 aromatic carbocycles. The van der Waals surface area contributed by atoms with Crippen molar-refractivity contribution in [3.8, 4) is 22.7 Å². The third-order valence-electron chi connectivity index (χ3n) is 4.82. The van der Waals surface area contributed by atoms with Crippen LogP contribution in [-0.4, -0.2) is 19.1 Å². The summed E-state index contributed by atoms with van der Waals surface area (Å²) >= 11 is 1.63. The number of ether oxygens (including phenoxy) is 1. The molecule has 5 aromatic rings. The van der Waals surface area contributed by atoms with E-state index in [4.69, 9.17) is 4.74 Å². The quantitative estimate of drug-likeness (QED) is 0.427. The molecule has 0 N–H and O–H groups in total. The summed E-state index contributed by atoms with van der Waals surface area (Å²) in [6.45, 7) is 0.409. The fourth-order valence-corrected chi connectivity index (χ4v) is 4.23. The molecule has 0 radical (unpaired) electrons. The molecule has 0 atom stereocenters. The van der Waals surface area contributed by atoms with Crippen LogP contribution in [0.15, 0.2) is 84.0 Å². The normalized spacial score (nSPS) is 11.1. The van der Waals surface area contributed by atoms with Crippen molar-refractivity contribution >= 4 is 21.6 Å². The topological polar surface area (TPSA) is 61.9 Å². The van der Waals surface area contributed by atoms with Gasteiger partial charge in [0.25, 0.3) is 0 Å². The number of hydrogen-bond acceptors (Lipinski definition) is 5. The van der Waals surface area contributed by atoms with E-state index in [-0.39, 0.29) is 5.69 Å². The first-order chi connectivity index (χ1) is 14.7. The van der Waals surface area contributed by atoms with Crippen LogP contribution in [0.3, 0.4) is 0 Å². The van der Waals surface area contributed by atoms with Crippen molar-refractivity contribution < 1.29 is 4.74 Å². The van der Waals surface area contributed by atoms with Crippen LogP contribution in [0, 0.1) is 0 Å². The Morgan fingerprint density at radius 3 is 2.53 bits per heavy atom. The number of hydrogen-bond donors (Lipinski definition) is 0. The fourth-order valence-electron chi connectivity index (χ4n) is 3.35. The summed E-state index contributed by atoms with van der Waals surface area (Å²) in [7, 11) is 1.75. The molecule has 0 aliphatic heterocycles. The second-order valence-corrected chi connectivity index (χ2v) is 7.95. The van der Waals surface area contributed by atoms with Gasteiger partial charge in [-0.3, -0.25) is 9.55 Å². The van der Waals surface area contributed by atoms with Gasteiger partial charge in [0.15, 0.2) is 0 Å². The lowest BCUT2D eigenvalue weighted by Gasteiger charge is -2.09. The van der Waals surface area contributed by atoms with Crippen molar-refractivity contribution in [2.45, 2.75) is 6.61 Å². The standard InChI is InChI=1S/C23H18N4O2S/c1-26-14-20(16-10-12-24-13-11-16)27(23(26)28)17-6-8-18(9-7-17)29-15-22-25-19-4-2-3-5-21(19)30-22/h2-14H,15H2,1H3. The molecule has 0 aliphatic carbocycles. The van der Waals surface area contributed by atoms with Crippen molar-refractivity contribution in [3.63, 3.8) is 0 Å².